The summed E-state index contributed by atoms with van der Waals surface area (Å²) in [5, 5.41) is 10.9. The standard InChI is InChI=1S/C17H17NO2/c1-14-11-12-16(13-17(14)18(19)20)10-6-5-9-15-7-3-2-4-8-15/h2-4,6-8,10-13H,5,9H2,1H3/b10-6+. The number of hydrogen-bond acceptors (Lipinski definition) is 2. The topological polar surface area (TPSA) is 43.1 Å². The van der Waals surface area contributed by atoms with Crippen LogP contribution in [0.3, 0.4) is 0 Å². The van der Waals surface area contributed by atoms with Crippen molar-refractivity contribution in [3.63, 3.8) is 0 Å². The van der Waals surface area contributed by atoms with E-state index in [1.165, 1.54) is 5.56 Å². The Morgan fingerprint density at radius 3 is 2.60 bits per heavy atom. The summed E-state index contributed by atoms with van der Waals surface area (Å²) >= 11 is 0. The summed E-state index contributed by atoms with van der Waals surface area (Å²) in [7, 11) is 0. The minimum Gasteiger partial charge on any atom is -0.258 e. The molecule has 3 nitrogen and oxygen atoms in total. The van der Waals surface area contributed by atoms with Gasteiger partial charge in [-0.05, 0) is 30.9 Å². The highest BCUT2D eigenvalue weighted by Crippen LogP contribution is 2.20. The first-order chi connectivity index (χ1) is 9.66. The number of benzene rings is 2. The van der Waals surface area contributed by atoms with E-state index in [0.717, 1.165) is 18.4 Å². The molecule has 2 aromatic carbocycles. The number of nitrogens with zero attached hydrogens (tertiary/aromatic N) is 1. The SMILES string of the molecule is Cc1ccc(/C=C/CCc2ccccc2)cc1[N+](=O)[O-]. The third kappa shape index (κ3) is 3.79. The van der Waals surface area contributed by atoms with Gasteiger partial charge < -0.3 is 0 Å². The molecule has 0 unspecified atom stereocenters. The molecule has 0 N–H and O–H groups in total. The predicted molar refractivity (Wildman–Crippen MR) is 81.6 cm³/mol. The van der Waals surface area contributed by atoms with Crippen LogP contribution < -0.4 is 0 Å². The summed E-state index contributed by atoms with van der Waals surface area (Å²) in [5.74, 6) is 0. The number of aryl methyl sites for hydroxylation is 2. The van der Waals surface area contributed by atoms with Crippen LogP contribution in [0, 0.1) is 17.0 Å². The van der Waals surface area contributed by atoms with Crippen molar-refractivity contribution in [2.24, 2.45) is 0 Å². The fraction of sp³-hybridized carbons (Fsp3) is 0.176. The summed E-state index contributed by atoms with van der Waals surface area (Å²) in [5.41, 5.74) is 3.04. The summed E-state index contributed by atoms with van der Waals surface area (Å²) in [4.78, 5) is 10.5. The van der Waals surface area contributed by atoms with Crippen LogP contribution in [0.15, 0.2) is 54.6 Å². The first-order valence-electron chi connectivity index (χ1n) is 6.62. The van der Waals surface area contributed by atoms with Crippen LogP contribution >= 0.6 is 0 Å². The van der Waals surface area contributed by atoms with Gasteiger partial charge in [0.2, 0.25) is 0 Å². The fourth-order valence-electron chi connectivity index (χ4n) is 2.04. The smallest absolute Gasteiger partial charge is 0.258 e. The summed E-state index contributed by atoms with van der Waals surface area (Å²) in [6, 6.07) is 15.6. The second-order valence-electron chi connectivity index (χ2n) is 4.73. The van der Waals surface area contributed by atoms with Crippen LogP contribution in [0.4, 0.5) is 5.69 Å². The van der Waals surface area contributed by atoms with Crippen molar-refractivity contribution in [1.82, 2.24) is 0 Å². The van der Waals surface area contributed by atoms with Gasteiger partial charge in [-0.25, -0.2) is 0 Å². The molecule has 0 aliphatic rings. The molecule has 20 heavy (non-hydrogen) atoms. The van der Waals surface area contributed by atoms with Gasteiger partial charge in [-0.3, -0.25) is 10.1 Å². The van der Waals surface area contributed by atoms with Gasteiger partial charge in [0.15, 0.2) is 0 Å². The van der Waals surface area contributed by atoms with Gasteiger partial charge in [0.05, 0.1) is 4.92 Å². The molecule has 0 heterocycles. The zero-order chi connectivity index (χ0) is 14.4. The van der Waals surface area contributed by atoms with Crippen molar-refractivity contribution in [1.29, 1.82) is 0 Å². The van der Waals surface area contributed by atoms with Gasteiger partial charge >= 0.3 is 0 Å². The predicted octanol–water partition coefficient (Wildman–Crippen LogP) is 4.55. The fourth-order valence-corrected chi connectivity index (χ4v) is 2.04. The van der Waals surface area contributed by atoms with E-state index in [9.17, 15) is 10.1 Å². The van der Waals surface area contributed by atoms with E-state index < -0.39 is 0 Å². The molecule has 0 saturated heterocycles. The van der Waals surface area contributed by atoms with Gasteiger partial charge in [0.1, 0.15) is 0 Å². The minimum absolute atomic E-state index is 0.176. The number of nitro benzene ring substituents is 1. The zero-order valence-corrected chi connectivity index (χ0v) is 11.5. The van der Waals surface area contributed by atoms with E-state index in [-0.39, 0.29) is 10.6 Å². The molecule has 2 aromatic rings. The molecule has 0 bridgehead atoms. The van der Waals surface area contributed by atoms with E-state index in [1.807, 2.05) is 30.3 Å². The molecular weight excluding hydrogens is 250 g/mol. The zero-order valence-electron chi connectivity index (χ0n) is 11.5. The lowest BCUT2D eigenvalue weighted by molar-refractivity contribution is -0.385. The van der Waals surface area contributed by atoms with Crippen molar-refractivity contribution < 1.29 is 4.92 Å². The molecular formula is C17H17NO2. The lowest BCUT2D eigenvalue weighted by Gasteiger charge is -1.99. The van der Waals surface area contributed by atoms with E-state index >= 15 is 0 Å². The molecule has 0 saturated carbocycles. The first-order valence-corrected chi connectivity index (χ1v) is 6.62. The molecule has 0 aromatic heterocycles. The van der Waals surface area contributed by atoms with Crippen molar-refractivity contribution >= 4 is 11.8 Å². The Morgan fingerprint density at radius 2 is 1.90 bits per heavy atom. The molecule has 3 heteroatoms. The Bertz CT molecular complexity index is 618. The quantitative estimate of drug-likeness (QED) is 0.589. The van der Waals surface area contributed by atoms with Gasteiger partial charge in [-0.15, -0.1) is 0 Å². The van der Waals surface area contributed by atoms with E-state index in [0.29, 0.717) is 5.56 Å². The monoisotopic (exact) mass is 267 g/mol. The van der Waals surface area contributed by atoms with Crippen LogP contribution in [0.5, 0.6) is 0 Å². The van der Waals surface area contributed by atoms with E-state index in [4.69, 9.17) is 0 Å². The van der Waals surface area contributed by atoms with Crippen molar-refractivity contribution in [3.8, 4) is 0 Å². The number of hydrogen-bond donors (Lipinski definition) is 0. The number of allylic oxidation sites excluding steroid dienone is 1. The van der Waals surface area contributed by atoms with E-state index in [1.54, 1.807) is 19.1 Å². The van der Waals surface area contributed by atoms with E-state index in [2.05, 4.69) is 18.2 Å². The Labute approximate surface area is 118 Å². The Hall–Kier alpha value is -2.42. The maximum atomic E-state index is 10.9. The molecule has 0 fully saturated rings. The number of rotatable bonds is 5. The van der Waals surface area contributed by atoms with Gasteiger partial charge in [-0.2, -0.15) is 0 Å². The van der Waals surface area contributed by atoms with Crippen LogP contribution in [0.2, 0.25) is 0 Å². The minimum atomic E-state index is -0.337. The number of nitro groups is 1. The molecule has 102 valence electrons. The lowest BCUT2D eigenvalue weighted by atomic mass is 10.1. The van der Waals surface area contributed by atoms with Crippen molar-refractivity contribution in [2.45, 2.75) is 19.8 Å². The maximum absolute atomic E-state index is 10.9. The summed E-state index contributed by atoms with van der Waals surface area (Å²) in [6.45, 7) is 1.75. The summed E-state index contributed by atoms with van der Waals surface area (Å²) in [6.07, 6.45) is 5.90. The lowest BCUT2D eigenvalue weighted by Crippen LogP contribution is -1.91. The third-order valence-electron chi connectivity index (χ3n) is 3.18. The Balaban J connectivity index is 1.98. The van der Waals surface area contributed by atoms with Gasteiger partial charge in [0.25, 0.3) is 5.69 Å². The van der Waals surface area contributed by atoms with Crippen LogP contribution in [0.1, 0.15) is 23.1 Å². The molecule has 0 aliphatic heterocycles. The van der Waals surface area contributed by atoms with Crippen LogP contribution in [0.25, 0.3) is 6.08 Å². The second-order valence-corrected chi connectivity index (χ2v) is 4.73. The second kappa shape index (κ2) is 6.66. The molecule has 0 spiro atoms. The molecule has 0 atom stereocenters. The molecule has 0 radical (unpaired) electrons. The molecule has 2 rings (SSSR count). The highest BCUT2D eigenvalue weighted by atomic mass is 16.6. The average Bonchev–Trinajstić information content (AvgIpc) is 2.46. The largest absolute Gasteiger partial charge is 0.272 e. The first kappa shape index (κ1) is 14.0. The highest BCUT2D eigenvalue weighted by molar-refractivity contribution is 5.55. The molecule has 0 aliphatic carbocycles. The third-order valence-corrected chi connectivity index (χ3v) is 3.18. The van der Waals surface area contributed by atoms with Crippen molar-refractivity contribution in [3.05, 3.63) is 81.4 Å². The Kier molecular flexibility index (Phi) is 4.66. The Morgan fingerprint density at radius 1 is 1.15 bits per heavy atom. The van der Waals surface area contributed by atoms with Crippen LogP contribution in [-0.2, 0) is 6.42 Å². The van der Waals surface area contributed by atoms with Crippen LogP contribution in [-0.4, -0.2) is 4.92 Å². The van der Waals surface area contributed by atoms with Crippen molar-refractivity contribution in [2.75, 3.05) is 0 Å². The summed E-state index contributed by atoms with van der Waals surface area (Å²) < 4.78 is 0. The van der Waals surface area contributed by atoms with Gasteiger partial charge in [-0.1, -0.05) is 54.6 Å². The van der Waals surface area contributed by atoms with Gasteiger partial charge in [0, 0.05) is 11.6 Å². The average molecular weight is 267 g/mol. The highest BCUT2D eigenvalue weighted by Gasteiger charge is 2.09. The molecule has 0 amide bonds. The normalized spacial score (nSPS) is 10.8. The maximum Gasteiger partial charge on any atom is 0.272 e.